The van der Waals surface area contributed by atoms with Crippen molar-refractivity contribution in [1.29, 1.82) is 0 Å². The molecular weight excluding hydrogens is 272 g/mol. The molecule has 0 spiro atoms. The minimum absolute atomic E-state index is 0.203. The predicted molar refractivity (Wildman–Crippen MR) is 81.6 cm³/mol. The molecule has 1 heterocycles. The van der Waals surface area contributed by atoms with Gasteiger partial charge in [0.2, 0.25) is 0 Å². The molecule has 0 saturated heterocycles. The average Bonchev–Trinajstić information content (AvgIpc) is 3.00. The summed E-state index contributed by atoms with van der Waals surface area (Å²) in [5.41, 5.74) is 1.16. The lowest BCUT2D eigenvalue weighted by Gasteiger charge is -2.20. The Morgan fingerprint density at radius 1 is 1.10 bits per heavy atom. The zero-order chi connectivity index (χ0) is 14.5. The molecule has 2 atom stereocenters. The summed E-state index contributed by atoms with van der Waals surface area (Å²) >= 11 is 1.66. The summed E-state index contributed by atoms with van der Waals surface area (Å²) in [4.78, 5) is 4.34. The first-order valence-corrected chi connectivity index (χ1v) is 7.41. The van der Waals surface area contributed by atoms with Crippen LogP contribution >= 0.6 is 11.3 Å². The summed E-state index contributed by atoms with van der Waals surface area (Å²) in [5.74, 6) is 1.50. The van der Waals surface area contributed by atoms with Gasteiger partial charge >= 0.3 is 0 Å². The number of aromatic nitrogens is 1. The van der Waals surface area contributed by atoms with Crippen molar-refractivity contribution in [3.8, 4) is 11.5 Å². The molecule has 1 aromatic heterocycles. The van der Waals surface area contributed by atoms with Crippen molar-refractivity contribution in [2.45, 2.75) is 25.9 Å². The van der Waals surface area contributed by atoms with Crippen molar-refractivity contribution in [1.82, 2.24) is 10.3 Å². The number of hydrogen-bond acceptors (Lipinski definition) is 5. The summed E-state index contributed by atoms with van der Waals surface area (Å²) in [6, 6.07) is 6.41. The molecule has 108 valence electrons. The second-order valence-corrected chi connectivity index (χ2v) is 5.52. The number of nitrogens with one attached hydrogen (secondary N) is 1. The second-order valence-electron chi connectivity index (χ2n) is 4.59. The highest BCUT2D eigenvalue weighted by atomic mass is 32.1. The van der Waals surface area contributed by atoms with Gasteiger partial charge in [-0.1, -0.05) is 6.07 Å². The number of benzene rings is 1. The third-order valence-corrected chi connectivity index (χ3v) is 4.19. The number of nitrogens with zero attached hydrogens (tertiary/aromatic N) is 1. The summed E-state index contributed by atoms with van der Waals surface area (Å²) in [6.07, 6.45) is 1.83. The third kappa shape index (κ3) is 3.29. The van der Waals surface area contributed by atoms with Gasteiger partial charge in [-0.3, -0.25) is 0 Å². The van der Waals surface area contributed by atoms with Gasteiger partial charge < -0.3 is 14.8 Å². The third-order valence-electron chi connectivity index (χ3n) is 3.23. The van der Waals surface area contributed by atoms with Crippen LogP contribution in [0.2, 0.25) is 0 Å². The molecule has 2 unspecified atom stereocenters. The monoisotopic (exact) mass is 292 g/mol. The van der Waals surface area contributed by atoms with E-state index >= 15 is 0 Å². The number of methoxy groups -OCH3 is 2. The Balaban J connectivity index is 2.11. The maximum absolute atomic E-state index is 5.34. The van der Waals surface area contributed by atoms with Crippen LogP contribution in [0, 0.1) is 0 Å². The highest BCUT2D eigenvalue weighted by Gasteiger charge is 2.14. The molecule has 1 N–H and O–H groups in total. The van der Waals surface area contributed by atoms with E-state index in [0.29, 0.717) is 0 Å². The highest BCUT2D eigenvalue weighted by molar-refractivity contribution is 7.09. The van der Waals surface area contributed by atoms with Gasteiger partial charge in [-0.05, 0) is 31.5 Å². The van der Waals surface area contributed by atoms with Gasteiger partial charge in [0.05, 0.1) is 20.3 Å². The molecule has 0 aliphatic heterocycles. The largest absolute Gasteiger partial charge is 0.493 e. The smallest absolute Gasteiger partial charge is 0.161 e. The van der Waals surface area contributed by atoms with E-state index in [2.05, 4.69) is 24.1 Å². The molecule has 5 heteroatoms. The van der Waals surface area contributed by atoms with E-state index in [9.17, 15) is 0 Å². The van der Waals surface area contributed by atoms with Crippen molar-refractivity contribution >= 4 is 11.3 Å². The van der Waals surface area contributed by atoms with Crippen LogP contribution in [-0.2, 0) is 0 Å². The van der Waals surface area contributed by atoms with Gasteiger partial charge in [-0.25, -0.2) is 4.98 Å². The Morgan fingerprint density at radius 3 is 2.45 bits per heavy atom. The average molecular weight is 292 g/mol. The lowest BCUT2D eigenvalue weighted by atomic mass is 10.1. The van der Waals surface area contributed by atoms with Gasteiger partial charge in [0.25, 0.3) is 0 Å². The van der Waals surface area contributed by atoms with E-state index in [4.69, 9.17) is 9.47 Å². The lowest BCUT2D eigenvalue weighted by Crippen LogP contribution is -2.22. The number of rotatable bonds is 6. The molecule has 2 rings (SSSR count). The molecule has 0 aliphatic carbocycles. The first kappa shape index (κ1) is 14.8. The summed E-state index contributed by atoms with van der Waals surface area (Å²) in [6.45, 7) is 4.25. The Hall–Kier alpha value is -1.59. The van der Waals surface area contributed by atoms with Crippen LogP contribution < -0.4 is 14.8 Å². The van der Waals surface area contributed by atoms with Crippen molar-refractivity contribution < 1.29 is 9.47 Å². The lowest BCUT2D eigenvalue weighted by molar-refractivity contribution is 0.353. The topological polar surface area (TPSA) is 43.4 Å². The summed E-state index contributed by atoms with van der Waals surface area (Å²) in [5, 5.41) is 6.63. The van der Waals surface area contributed by atoms with Crippen LogP contribution in [0.25, 0.3) is 0 Å². The molecule has 0 radical (unpaired) electrons. The maximum atomic E-state index is 5.34. The molecular formula is C15H20N2O2S. The molecule has 20 heavy (non-hydrogen) atoms. The molecule has 0 bridgehead atoms. The van der Waals surface area contributed by atoms with Crippen molar-refractivity contribution in [3.05, 3.63) is 40.3 Å². The Bertz CT molecular complexity index is 543. The van der Waals surface area contributed by atoms with Crippen LogP contribution in [0.15, 0.2) is 29.8 Å². The molecule has 0 saturated carbocycles. The zero-order valence-corrected chi connectivity index (χ0v) is 13.0. The minimum Gasteiger partial charge on any atom is -0.493 e. The van der Waals surface area contributed by atoms with E-state index < -0.39 is 0 Å². The Labute approximate surface area is 123 Å². The van der Waals surface area contributed by atoms with E-state index in [-0.39, 0.29) is 12.1 Å². The molecule has 0 aliphatic rings. The summed E-state index contributed by atoms with van der Waals surface area (Å²) in [7, 11) is 3.29. The highest BCUT2D eigenvalue weighted by Crippen LogP contribution is 2.30. The van der Waals surface area contributed by atoms with Gasteiger partial charge in [-0.15, -0.1) is 11.3 Å². The minimum atomic E-state index is 0.203. The summed E-state index contributed by atoms with van der Waals surface area (Å²) < 4.78 is 10.6. The van der Waals surface area contributed by atoms with Crippen molar-refractivity contribution in [2.75, 3.05) is 14.2 Å². The van der Waals surface area contributed by atoms with Crippen LogP contribution in [0.5, 0.6) is 11.5 Å². The first-order valence-electron chi connectivity index (χ1n) is 6.53. The fraction of sp³-hybridized carbons (Fsp3) is 0.400. The normalized spacial score (nSPS) is 13.8. The quantitative estimate of drug-likeness (QED) is 0.884. The van der Waals surface area contributed by atoms with Crippen molar-refractivity contribution in [2.24, 2.45) is 0 Å². The van der Waals surface area contributed by atoms with E-state index in [1.165, 1.54) is 0 Å². The van der Waals surface area contributed by atoms with Crippen molar-refractivity contribution in [3.63, 3.8) is 0 Å². The molecule has 0 amide bonds. The SMILES string of the molecule is COc1ccc(C(C)NC(C)c2nccs2)cc1OC. The van der Waals surface area contributed by atoms with Gasteiger partial charge in [0.15, 0.2) is 11.5 Å². The predicted octanol–water partition coefficient (Wildman–Crippen LogP) is 3.57. The van der Waals surface area contributed by atoms with E-state index in [1.54, 1.807) is 25.6 Å². The second kappa shape index (κ2) is 6.72. The van der Waals surface area contributed by atoms with Crippen LogP contribution in [0.1, 0.15) is 36.5 Å². The fourth-order valence-electron chi connectivity index (χ4n) is 2.11. The molecule has 1 aromatic carbocycles. The standard InChI is InChI=1S/C15H20N2O2S/c1-10(17-11(2)15-16-7-8-20-15)12-5-6-13(18-3)14(9-12)19-4/h5-11,17H,1-4H3. The zero-order valence-electron chi connectivity index (χ0n) is 12.2. The van der Waals surface area contributed by atoms with Crippen LogP contribution in [-0.4, -0.2) is 19.2 Å². The fourth-order valence-corrected chi connectivity index (χ4v) is 2.77. The van der Waals surface area contributed by atoms with Crippen LogP contribution in [0.4, 0.5) is 0 Å². The van der Waals surface area contributed by atoms with E-state index in [1.807, 2.05) is 29.8 Å². The number of ether oxygens (including phenoxy) is 2. The molecule has 4 nitrogen and oxygen atoms in total. The molecule has 0 fully saturated rings. The number of hydrogen-bond donors (Lipinski definition) is 1. The first-order chi connectivity index (χ1) is 9.65. The number of thiazole rings is 1. The van der Waals surface area contributed by atoms with Gasteiger partial charge in [-0.2, -0.15) is 0 Å². The molecule has 2 aromatic rings. The van der Waals surface area contributed by atoms with E-state index in [0.717, 1.165) is 22.1 Å². The Kier molecular flexibility index (Phi) is 4.98. The van der Waals surface area contributed by atoms with Crippen LogP contribution in [0.3, 0.4) is 0 Å². The maximum Gasteiger partial charge on any atom is 0.161 e. The Morgan fingerprint density at radius 2 is 1.85 bits per heavy atom. The van der Waals surface area contributed by atoms with Gasteiger partial charge in [0.1, 0.15) is 5.01 Å². The van der Waals surface area contributed by atoms with Gasteiger partial charge in [0, 0.05) is 17.6 Å².